The summed E-state index contributed by atoms with van der Waals surface area (Å²) >= 11 is 0. The van der Waals surface area contributed by atoms with Crippen LogP contribution in [-0.2, 0) is 6.54 Å². The van der Waals surface area contributed by atoms with Gasteiger partial charge in [0, 0.05) is 43.9 Å². The highest BCUT2D eigenvalue weighted by Gasteiger charge is 2.27. The molecule has 2 aromatic heterocycles. The number of likely N-dealkylation sites (tertiary alicyclic amines) is 1. The maximum atomic E-state index is 4.46. The van der Waals surface area contributed by atoms with E-state index in [-0.39, 0.29) is 0 Å². The summed E-state index contributed by atoms with van der Waals surface area (Å²) in [4.78, 5) is 15.5. The Labute approximate surface area is 119 Å². The van der Waals surface area contributed by atoms with Gasteiger partial charge in [-0.2, -0.15) is 0 Å². The van der Waals surface area contributed by atoms with Crippen LogP contribution in [0.3, 0.4) is 0 Å². The van der Waals surface area contributed by atoms with Gasteiger partial charge in [0.15, 0.2) is 0 Å². The largest absolute Gasteiger partial charge is 0.373 e. The van der Waals surface area contributed by atoms with Gasteiger partial charge in [0.25, 0.3) is 0 Å². The van der Waals surface area contributed by atoms with Crippen molar-refractivity contribution >= 4 is 5.82 Å². The van der Waals surface area contributed by atoms with Gasteiger partial charge in [-0.3, -0.25) is 14.9 Å². The highest BCUT2D eigenvalue weighted by molar-refractivity contribution is 5.42. The standard InChI is InChI=1S/C15H19N5/c1-16-15-12(4-2-6-19-15)11-20-9-3-5-14(20)13-10-17-7-8-18-13/h2,4,6-8,10,14H,3,5,9,11H2,1H3,(H,16,19). The molecule has 0 bridgehead atoms. The van der Waals surface area contributed by atoms with Gasteiger partial charge >= 0.3 is 0 Å². The van der Waals surface area contributed by atoms with E-state index in [4.69, 9.17) is 0 Å². The third-order valence-corrected chi connectivity index (χ3v) is 3.79. The Morgan fingerprint density at radius 3 is 3.05 bits per heavy atom. The molecule has 0 aliphatic carbocycles. The van der Waals surface area contributed by atoms with Gasteiger partial charge in [0.2, 0.25) is 0 Å². The second-order valence-corrected chi connectivity index (χ2v) is 5.02. The molecule has 0 aromatic carbocycles. The monoisotopic (exact) mass is 269 g/mol. The summed E-state index contributed by atoms with van der Waals surface area (Å²) in [5.74, 6) is 0.956. The van der Waals surface area contributed by atoms with E-state index in [2.05, 4.69) is 31.2 Å². The molecule has 0 spiro atoms. The molecule has 1 fully saturated rings. The Morgan fingerprint density at radius 1 is 1.30 bits per heavy atom. The summed E-state index contributed by atoms with van der Waals surface area (Å²) in [5, 5.41) is 3.16. The van der Waals surface area contributed by atoms with Crippen LogP contribution in [0.1, 0.15) is 30.1 Å². The molecule has 3 heterocycles. The van der Waals surface area contributed by atoms with Crippen molar-refractivity contribution in [3.63, 3.8) is 0 Å². The quantitative estimate of drug-likeness (QED) is 0.922. The smallest absolute Gasteiger partial charge is 0.130 e. The lowest BCUT2D eigenvalue weighted by Gasteiger charge is -2.24. The first-order valence-electron chi connectivity index (χ1n) is 7.00. The maximum absolute atomic E-state index is 4.46. The second kappa shape index (κ2) is 5.96. The molecule has 5 nitrogen and oxygen atoms in total. The molecule has 3 rings (SSSR count). The summed E-state index contributed by atoms with van der Waals surface area (Å²) in [6, 6.07) is 4.49. The average Bonchev–Trinajstić information content (AvgIpc) is 2.97. The van der Waals surface area contributed by atoms with E-state index in [1.54, 1.807) is 12.4 Å². The fourth-order valence-corrected chi connectivity index (χ4v) is 2.84. The molecule has 20 heavy (non-hydrogen) atoms. The van der Waals surface area contributed by atoms with Crippen molar-refractivity contribution in [2.45, 2.75) is 25.4 Å². The van der Waals surface area contributed by atoms with Crippen LogP contribution < -0.4 is 5.32 Å². The van der Waals surface area contributed by atoms with Crippen molar-refractivity contribution in [1.82, 2.24) is 19.9 Å². The van der Waals surface area contributed by atoms with Crippen LogP contribution in [0.25, 0.3) is 0 Å². The molecule has 0 amide bonds. The Morgan fingerprint density at radius 2 is 2.25 bits per heavy atom. The molecule has 1 aliphatic rings. The molecule has 2 aromatic rings. The summed E-state index contributed by atoms with van der Waals surface area (Å²) in [7, 11) is 1.91. The van der Waals surface area contributed by atoms with E-state index in [0.717, 1.165) is 31.0 Å². The van der Waals surface area contributed by atoms with Crippen LogP contribution >= 0.6 is 0 Å². The van der Waals surface area contributed by atoms with E-state index in [1.165, 1.54) is 12.0 Å². The van der Waals surface area contributed by atoms with E-state index < -0.39 is 0 Å². The zero-order valence-electron chi connectivity index (χ0n) is 11.7. The molecular weight excluding hydrogens is 250 g/mol. The number of aromatic nitrogens is 3. The first kappa shape index (κ1) is 13.0. The van der Waals surface area contributed by atoms with E-state index in [1.807, 2.05) is 25.5 Å². The normalized spacial score (nSPS) is 19.1. The van der Waals surface area contributed by atoms with Crippen LogP contribution in [0.5, 0.6) is 0 Å². The van der Waals surface area contributed by atoms with Crippen molar-refractivity contribution in [3.8, 4) is 0 Å². The zero-order valence-corrected chi connectivity index (χ0v) is 11.7. The van der Waals surface area contributed by atoms with Crippen LogP contribution in [0, 0.1) is 0 Å². The molecule has 0 saturated carbocycles. The summed E-state index contributed by atoms with van der Waals surface area (Å²) < 4.78 is 0. The Bertz CT molecular complexity index is 557. The van der Waals surface area contributed by atoms with Crippen LogP contribution in [-0.4, -0.2) is 33.4 Å². The van der Waals surface area contributed by atoms with E-state index in [9.17, 15) is 0 Å². The Hall–Kier alpha value is -2.01. The summed E-state index contributed by atoms with van der Waals surface area (Å²) in [6.45, 7) is 1.99. The number of pyridine rings is 1. The lowest BCUT2D eigenvalue weighted by atomic mass is 10.1. The Balaban J connectivity index is 1.79. The first-order chi connectivity index (χ1) is 9.88. The zero-order chi connectivity index (χ0) is 13.8. The molecule has 1 saturated heterocycles. The van der Waals surface area contributed by atoms with Gasteiger partial charge in [0.05, 0.1) is 11.7 Å². The lowest BCUT2D eigenvalue weighted by Crippen LogP contribution is -2.24. The van der Waals surface area contributed by atoms with Gasteiger partial charge in [-0.1, -0.05) is 6.07 Å². The minimum absolute atomic E-state index is 0.369. The SMILES string of the molecule is CNc1ncccc1CN1CCCC1c1cnccn1. The van der Waals surface area contributed by atoms with Gasteiger partial charge in [-0.15, -0.1) is 0 Å². The molecule has 5 heteroatoms. The van der Waals surface area contributed by atoms with Crippen molar-refractivity contribution in [3.05, 3.63) is 48.2 Å². The van der Waals surface area contributed by atoms with Gasteiger partial charge in [0.1, 0.15) is 5.82 Å². The fourth-order valence-electron chi connectivity index (χ4n) is 2.84. The molecule has 1 atom stereocenters. The van der Waals surface area contributed by atoms with Crippen LogP contribution in [0.4, 0.5) is 5.82 Å². The number of nitrogens with zero attached hydrogens (tertiary/aromatic N) is 4. The molecular formula is C15H19N5. The van der Waals surface area contributed by atoms with E-state index >= 15 is 0 Å². The molecule has 1 unspecified atom stereocenters. The molecule has 1 N–H and O–H groups in total. The molecule has 0 radical (unpaired) electrons. The molecule has 104 valence electrons. The predicted molar refractivity (Wildman–Crippen MR) is 78.2 cm³/mol. The predicted octanol–water partition coefficient (Wildman–Crippen LogP) is 2.25. The summed E-state index contributed by atoms with van der Waals surface area (Å²) in [5.41, 5.74) is 2.30. The van der Waals surface area contributed by atoms with Gasteiger partial charge < -0.3 is 5.32 Å². The fraction of sp³-hybridized carbons (Fsp3) is 0.400. The second-order valence-electron chi connectivity index (χ2n) is 5.02. The van der Waals surface area contributed by atoms with E-state index in [0.29, 0.717) is 6.04 Å². The first-order valence-corrected chi connectivity index (χ1v) is 7.00. The highest BCUT2D eigenvalue weighted by Crippen LogP contribution is 2.32. The maximum Gasteiger partial charge on any atom is 0.130 e. The third kappa shape index (κ3) is 2.63. The Kier molecular flexibility index (Phi) is 3.87. The third-order valence-electron chi connectivity index (χ3n) is 3.79. The minimum atomic E-state index is 0.369. The topological polar surface area (TPSA) is 53.9 Å². The van der Waals surface area contributed by atoms with Gasteiger partial charge in [-0.05, 0) is 25.5 Å². The van der Waals surface area contributed by atoms with Crippen molar-refractivity contribution in [2.24, 2.45) is 0 Å². The summed E-state index contributed by atoms with van der Waals surface area (Å²) in [6.07, 6.45) is 9.55. The lowest BCUT2D eigenvalue weighted by molar-refractivity contribution is 0.244. The average molecular weight is 269 g/mol. The number of anilines is 1. The van der Waals surface area contributed by atoms with Crippen LogP contribution in [0.2, 0.25) is 0 Å². The van der Waals surface area contributed by atoms with Crippen molar-refractivity contribution < 1.29 is 0 Å². The minimum Gasteiger partial charge on any atom is -0.373 e. The van der Waals surface area contributed by atoms with Crippen LogP contribution in [0.15, 0.2) is 36.9 Å². The molecule has 1 aliphatic heterocycles. The van der Waals surface area contributed by atoms with Crippen molar-refractivity contribution in [2.75, 3.05) is 18.9 Å². The van der Waals surface area contributed by atoms with Crippen molar-refractivity contribution in [1.29, 1.82) is 0 Å². The van der Waals surface area contributed by atoms with Gasteiger partial charge in [-0.25, -0.2) is 4.98 Å². The number of hydrogen-bond donors (Lipinski definition) is 1. The number of hydrogen-bond acceptors (Lipinski definition) is 5. The number of rotatable bonds is 4. The number of nitrogens with one attached hydrogen (secondary N) is 1. The highest BCUT2D eigenvalue weighted by atomic mass is 15.2.